The molecule has 1 aliphatic carbocycles. The number of carbonyl (C=O) groups is 1. The molecule has 8 heteroatoms. The van der Waals surface area contributed by atoms with Crippen molar-refractivity contribution in [2.75, 3.05) is 6.26 Å². The van der Waals surface area contributed by atoms with Crippen LogP contribution in [0, 0.1) is 5.92 Å². The lowest BCUT2D eigenvalue weighted by Crippen LogP contribution is -2.14. The van der Waals surface area contributed by atoms with Crippen LogP contribution in [0.3, 0.4) is 0 Å². The minimum atomic E-state index is -4.90. The Morgan fingerprint density at radius 1 is 1.20 bits per heavy atom. The van der Waals surface area contributed by atoms with Gasteiger partial charge < -0.3 is 5.11 Å². The Labute approximate surface area is 144 Å². The van der Waals surface area contributed by atoms with E-state index in [0.717, 1.165) is 44.2 Å². The van der Waals surface area contributed by atoms with E-state index in [1.54, 1.807) is 0 Å². The molecule has 0 heterocycles. The summed E-state index contributed by atoms with van der Waals surface area (Å²) in [4.78, 5) is 10.7. The Hall–Kier alpha value is -1.83. The van der Waals surface area contributed by atoms with E-state index < -0.39 is 32.4 Å². The number of alkyl halides is 3. The molecule has 138 valence electrons. The minimum absolute atomic E-state index is 0.00349. The van der Waals surface area contributed by atoms with E-state index in [2.05, 4.69) is 0 Å². The molecule has 0 saturated heterocycles. The van der Waals surface area contributed by atoms with Crippen LogP contribution < -0.4 is 0 Å². The van der Waals surface area contributed by atoms with Gasteiger partial charge in [0.15, 0.2) is 9.84 Å². The molecule has 0 amide bonds. The van der Waals surface area contributed by atoms with Gasteiger partial charge in [0.2, 0.25) is 0 Å². The number of hydrogen-bond donors (Lipinski definition) is 1. The van der Waals surface area contributed by atoms with E-state index in [1.165, 1.54) is 6.08 Å². The van der Waals surface area contributed by atoms with Crippen LogP contribution >= 0.6 is 0 Å². The molecule has 0 aromatic heterocycles. The summed E-state index contributed by atoms with van der Waals surface area (Å²) in [5.41, 5.74) is -1.71. The molecule has 2 rings (SSSR count). The highest BCUT2D eigenvalue weighted by molar-refractivity contribution is 7.90. The van der Waals surface area contributed by atoms with Gasteiger partial charge in [0.25, 0.3) is 0 Å². The topological polar surface area (TPSA) is 71.4 Å². The van der Waals surface area contributed by atoms with Gasteiger partial charge in [-0.1, -0.05) is 31.4 Å². The summed E-state index contributed by atoms with van der Waals surface area (Å²) in [6, 6.07) is 2.55. The maximum absolute atomic E-state index is 13.3. The van der Waals surface area contributed by atoms with Crippen molar-refractivity contribution in [1.29, 1.82) is 0 Å². The van der Waals surface area contributed by atoms with Crippen molar-refractivity contribution in [1.82, 2.24) is 0 Å². The van der Waals surface area contributed by atoms with Gasteiger partial charge in [-0.05, 0) is 36.5 Å². The summed E-state index contributed by atoms with van der Waals surface area (Å²) in [6.45, 7) is 0. The number of carboxylic acid groups (broad SMARTS) is 1. The van der Waals surface area contributed by atoms with Crippen molar-refractivity contribution in [2.45, 2.75) is 43.2 Å². The van der Waals surface area contributed by atoms with E-state index in [9.17, 15) is 31.5 Å². The second-order valence-corrected chi connectivity index (χ2v) is 8.25. The summed E-state index contributed by atoms with van der Waals surface area (Å²) in [7, 11) is -4.09. The average Bonchev–Trinajstić information content (AvgIpc) is 2.51. The SMILES string of the molecule is CS(=O)(=O)c1ccc(/C(=C\C2CCCCC2)C(=O)O)cc1C(F)(F)F. The quantitative estimate of drug-likeness (QED) is 0.801. The average molecular weight is 376 g/mol. The number of halogens is 3. The first-order chi connectivity index (χ1) is 11.5. The van der Waals surface area contributed by atoms with Crippen LogP contribution in [0.5, 0.6) is 0 Å². The molecule has 0 radical (unpaired) electrons. The van der Waals surface area contributed by atoms with E-state index in [4.69, 9.17) is 0 Å². The Bertz CT molecular complexity index is 789. The molecule has 1 aromatic carbocycles. The molecule has 1 N–H and O–H groups in total. The van der Waals surface area contributed by atoms with Gasteiger partial charge in [0.1, 0.15) is 0 Å². The first kappa shape index (κ1) is 19.5. The van der Waals surface area contributed by atoms with Crippen LogP contribution in [-0.2, 0) is 20.8 Å². The third kappa shape index (κ3) is 4.84. The van der Waals surface area contributed by atoms with Crippen LogP contribution in [0.2, 0.25) is 0 Å². The number of aliphatic carboxylic acids is 1. The third-order valence-corrected chi connectivity index (χ3v) is 5.43. The number of carboxylic acids is 1. The van der Waals surface area contributed by atoms with Gasteiger partial charge in [0, 0.05) is 6.26 Å². The first-order valence-electron chi connectivity index (χ1n) is 7.87. The third-order valence-electron chi connectivity index (χ3n) is 4.28. The maximum Gasteiger partial charge on any atom is 0.417 e. The fraction of sp³-hybridized carbons (Fsp3) is 0.471. The molecule has 1 aliphatic rings. The lowest BCUT2D eigenvalue weighted by atomic mass is 9.86. The molecular weight excluding hydrogens is 357 g/mol. The van der Waals surface area contributed by atoms with Crippen LogP contribution in [0.4, 0.5) is 13.2 Å². The van der Waals surface area contributed by atoms with Crippen molar-refractivity contribution in [3.8, 4) is 0 Å². The predicted octanol–water partition coefficient (Wildman–Crippen LogP) is 4.16. The number of hydrogen-bond acceptors (Lipinski definition) is 3. The summed E-state index contributed by atoms with van der Waals surface area (Å²) < 4.78 is 63.0. The molecule has 1 fully saturated rings. The molecule has 1 saturated carbocycles. The van der Waals surface area contributed by atoms with Crippen molar-refractivity contribution < 1.29 is 31.5 Å². The Balaban J connectivity index is 2.56. The highest BCUT2D eigenvalue weighted by Gasteiger charge is 2.36. The van der Waals surface area contributed by atoms with Gasteiger partial charge in [-0.3, -0.25) is 0 Å². The fourth-order valence-electron chi connectivity index (χ4n) is 3.07. The number of allylic oxidation sites excluding steroid dienone is 1. The molecule has 4 nitrogen and oxygen atoms in total. The lowest BCUT2D eigenvalue weighted by molar-refractivity contribution is -0.140. The van der Waals surface area contributed by atoms with E-state index in [1.807, 2.05) is 0 Å². The molecular formula is C17H19F3O4S. The van der Waals surface area contributed by atoms with Crippen LogP contribution in [0.15, 0.2) is 29.2 Å². The van der Waals surface area contributed by atoms with Gasteiger partial charge in [-0.15, -0.1) is 0 Å². The highest BCUT2D eigenvalue weighted by atomic mass is 32.2. The number of benzene rings is 1. The predicted molar refractivity (Wildman–Crippen MR) is 86.7 cm³/mol. The molecule has 1 aromatic rings. The second kappa shape index (κ2) is 7.19. The molecule has 0 atom stereocenters. The van der Waals surface area contributed by atoms with Gasteiger partial charge in [-0.25, -0.2) is 13.2 Å². The first-order valence-corrected chi connectivity index (χ1v) is 9.76. The lowest BCUT2D eigenvalue weighted by Gasteiger charge is -2.19. The van der Waals surface area contributed by atoms with Crippen LogP contribution in [-0.4, -0.2) is 25.7 Å². The number of rotatable bonds is 4. The van der Waals surface area contributed by atoms with E-state index in [0.29, 0.717) is 12.3 Å². The highest BCUT2D eigenvalue weighted by Crippen LogP contribution is 2.37. The summed E-state index contributed by atoms with van der Waals surface area (Å²) in [5, 5.41) is 9.41. The van der Waals surface area contributed by atoms with Crippen molar-refractivity contribution in [3.05, 3.63) is 35.4 Å². The van der Waals surface area contributed by atoms with E-state index >= 15 is 0 Å². The zero-order chi connectivity index (χ0) is 18.8. The standard InChI is InChI=1S/C17H19F3O4S/c1-25(23,24)15-8-7-12(10-14(15)17(18,19)20)13(16(21)22)9-11-5-3-2-4-6-11/h7-11H,2-6H2,1H3,(H,21,22)/b13-9+. The zero-order valence-electron chi connectivity index (χ0n) is 13.6. The van der Waals surface area contributed by atoms with Gasteiger partial charge in [0.05, 0.1) is 16.0 Å². The Morgan fingerprint density at radius 3 is 2.28 bits per heavy atom. The fourth-order valence-corrected chi connectivity index (χ4v) is 3.96. The molecule has 0 aliphatic heterocycles. The second-order valence-electron chi connectivity index (χ2n) is 6.26. The maximum atomic E-state index is 13.3. The van der Waals surface area contributed by atoms with Crippen molar-refractivity contribution >= 4 is 21.4 Å². The van der Waals surface area contributed by atoms with Gasteiger partial charge >= 0.3 is 12.1 Å². The van der Waals surface area contributed by atoms with Crippen molar-refractivity contribution in [2.24, 2.45) is 5.92 Å². The van der Waals surface area contributed by atoms with Crippen LogP contribution in [0.1, 0.15) is 43.2 Å². The Morgan fingerprint density at radius 2 is 1.80 bits per heavy atom. The van der Waals surface area contributed by atoms with E-state index in [-0.39, 0.29) is 17.1 Å². The summed E-state index contributed by atoms with van der Waals surface area (Å²) in [6.07, 6.45) is 1.85. The molecule has 0 spiro atoms. The normalized spacial score (nSPS) is 17.5. The van der Waals surface area contributed by atoms with Crippen molar-refractivity contribution in [3.63, 3.8) is 0 Å². The largest absolute Gasteiger partial charge is 0.478 e. The molecule has 0 bridgehead atoms. The minimum Gasteiger partial charge on any atom is -0.478 e. The molecule has 0 unspecified atom stereocenters. The number of sulfone groups is 1. The summed E-state index contributed by atoms with van der Waals surface area (Å²) in [5.74, 6) is -1.32. The monoisotopic (exact) mass is 376 g/mol. The van der Waals surface area contributed by atoms with Gasteiger partial charge in [-0.2, -0.15) is 13.2 Å². The summed E-state index contributed by atoms with van der Waals surface area (Å²) >= 11 is 0. The van der Waals surface area contributed by atoms with Crippen LogP contribution in [0.25, 0.3) is 5.57 Å². The smallest absolute Gasteiger partial charge is 0.417 e. The molecule has 25 heavy (non-hydrogen) atoms. The Kier molecular flexibility index (Phi) is 5.61. The zero-order valence-corrected chi connectivity index (χ0v) is 14.5.